The molecule has 0 unspecified atom stereocenters. The van der Waals surface area contributed by atoms with Gasteiger partial charge < -0.3 is 0 Å². The monoisotopic (exact) mass is 295 g/mol. The third-order valence-electron chi connectivity index (χ3n) is 3.67. The van der Waals surface area contributed by atoms with Gasteiger partial charge in [-0.05, 0) is 17.0 Å². The highest BCUT2D eigenvalue weighted by Crippen LogP contribution is 2.34. The van der Waals surface area contributed by atoms with Gasteiger partial charge in [-0.1, -0.05) is 80.9 Å². The van der Waals surface area contributed by atoms with Gasteiger partial charge in [0, 0.05) is 10.9 Å². The van der Waals surface area contributed by atoms with E-state index in [0.29, 0.717) is 0 Å². The highest BCUT2D eigenvalue weighted by Gasteiger charge is 2.19. The van der Waals surface area contributed by atoms with E-state index in [2.05, 4.69) is 45.0 Å². The van der Waals surface area contributed by atoms with Crippen molar-refractivity contribution < 1.29 is 0 Å². The number of rotatable bonds is 1. The number of benzene rings is 2. The zero-order valence-electron chi connectivity index (χ0n) is 12.5. The summed E-state index contributed by atoms with van der Waals surface area (Å²) in [7, 11) is 0. The second-order valence-electron chi connectivity index (χ2n) is 6.31. The summed E-state index contributed by atoms with van der Waals surface area (Å²) in [6.45, 7) is 6.60. The van der Waals surface area contributed by atoms with Crippen molar-refractivity contribution in [1.82, 2.24) is 4.98 Å². The lowest BCUT2D eigenvalue weighted by Crippen LogP contribution is -2.12. The maximum atomic E-state index is 6.49. The van der Waals surface area contributed by atoms with Gasteiger partial charge in [-0.25, -0.2) is 4.98 Å². The van der Waals surface area contributed by atoms with Gasteiger partial charge in [0.1, 0.15) is 0 Å². The van der Waals surface area contributed by atoms with Crippen LogP contribution in [0.15, 0.2) is 54.6 Å². The molecule has 0 bridgehead atoms. The number of hydrogen-bond acceptors (Lipinski definition) is 1. The zero-order chi connectivity index (χ0) is 15.0. The fourth-order valence-electron chi connectivity index (χ4n) is 2.57. The Balaban J connectivity index is 2.32. The van der Waals surface area contributed by atoms with Crippen molar-refractivity contribution in [3.63, 3.8) is 0 Å². The van der Waals surface area contributed by atoms with Crippen molar-refractivity contribution in [1.29, 1.82) is 0 Å². The maximum absolute atomic E-state index is 6.49. The van der Waals surface area contributed by atoms with E-state index in [1.807, 2.05) is 30.3 Å². The molecule has 21 heavy (non-hydrogen) atoms. The van der Waals surface area contributed by atoms with Gasteiger partial charge in [0.05, 0.1) is 16.2 Å². The predicted molar refractivity (Wildman–Crippen MR) is 90.9 cm³/mol. The number of hydrogen-bond donors (Lipinski definition) is 0. The number of halogens is 1. The molecule has 0 aliphatic carbocycles. The van der Waals surface area contributed by atoms with Gasteiger partial charge in [-0.15, -0.1) is 0 Å². The van der Waals surface area contributed by atoms with E-state index < -0.39 is 0 Å². The molecule has 3 rings (SSSR count). The largest absolute Gasteiger partial charge is 0.247 e. The van der Waals surface area contributed by atoms with Crippen molar-refractivity contribution in [2.24, 2.45) is 0 Å². The molecule has 0 saturated carbocycles. The van der Waals surface area contributed by atoms with Crippen LogP contribution in [0, 0.1) is 0 Å². The molecule has 2 heteroatoms. The number of aromatic nitrogens is 1. The minimum Gasteiger partial charge on any atom is -0.247 e. The Bertz CT molecular complexity index is 786. The molecule has 1 heterocycles. The fourth-order valence-corrected chi connectivity index (χ4v) is 2.83. The van der Waals surface area contributed by atoms with Gasteiger partial charge >= 0.3 is 0 Å². The summed E-state index contributed by atoms with van der Waals surface area (Å²) in [5, 5.41) is 1.77. The first-order chi connectivity index (χ1) is 9.97. The Morgan fingerprint density at radius 2 is 1.62 bits per heavy atom. The molecule has 1 nitrogen and oxygen atoms in total. The Morgan fingerprint density at radius 1 is 0.905 bits per heavy atom. The van der Waals surface area contributed by atoms with Crippen LogP contribution in [0.4, 0.5) is 0 Å². The first-order valence-corrected chi connectivity index (χ1v) is 7.50. The van der Waals surface area contributed by atoms with Crippen LogP contribution in [0.3, 0.4) is 0 Å². The first-order valence-electron chi connectivity index (χ1n) is 7.12. The summed E-state index contributed by atoms with van der Waals surface area (Å²) in [5.41, 5.74) is 4.26. The molecule has 0 atom stereocenters. The summed E-state index contributed by atoms with van der Waals surface area (Å²) in [6, 6.07) is 18.3. The van der Waals surface area contributed by atoms with Crippen molar-refractivity contribution in [3.8, 4) is 11.3 Å². The minimum absolute atomic E-state index is 0.0329. The molecule has 3 aromatic rings. The second kappa shape index (κ2) is 5.16. The number of para-hydroxylation sites is 1. The molecular weight excluding hydrogens is 278 g/mol. The van der Waals surface area contributed by atoms with Gasteiger partial charge in [-0.2, -0.15) is 0 Å². The quantitative estimate of drug-likeness (QED) is 0.548. The first kappa shape index (κ1) is 14.1. The van der Waals surface area contributed by atoms with E-state index in [4.69, 9.17) is 16.6 Å². The van der Waals surface area contributed by atoms with E-state index in [1.165, 1.54) is 5.56 Å². The van der Waals surface area contributed by atoms with Crippen LogP contribution >= 0.6 is 11.6 Å². The molecule has 1 aromatic heterocycles. The molecule has 0 fully saturated rings. The van der Waals surface area contributed by atoms with E-state index in [0.717, 1.165) is 27.2 Å². The lowest BCUT2D eigenvalue weighted by Gasteiger charge is -2.21. The van der Waals surface area contributed by atoms with Crippen LogP contribution in [0.1, 0.15) is 26.3 Å². The molecule has 0 aliphatic rings. The molecule has 2 aromatic carbocycles. The molecule has 0 radical (unpaired) electrons. The molecule has 0 N–H and O–H groups in total. The zero-order valence-corrected chi connectivity index (χ0v) is 13.3. The highest BCUT2D eigenvalue weighted by molar-refractivity contribution is 6.35. The molecule has 0 amide bonds. The van der Waals surface area contributed by atoms with Crippen molar-refractivity contribution in [2.75, 3.05) is 0 Å². The van der Waals surface area contributed by atoms with Gasteiger partial charge in [-0.3, -0.25) is 0 Å². The standard InChI is InChI=1S/C19H18ClN/c1-19(2,3)15-11-7-10-14-16(20)12-17(21-18(14)15)13-8-5-4-6-9-13/h4-12H,1-3H3. The van der Waals surface area contributed by atoms with E-state index in [9.17, 15) is 0 Å². The Hall–Kier alpha value is -1.86. The summed E-state index contributed by atoms with van der Waals surface area (Å²) in [5.74, 6) is 0. The number of pyridine rings is 1. The summed E-state index contributed by atoms with van der Waals surface area (Å²) in [4.78, 5) is 4.89. The topological polar surface area (TPSA) is 12.9 Å². The number of nitrogens with zero attached hydrogens (tertiary/aromatic N) is 1. The normalized spacial score (nSPS) is 11.8. The summed E-state index contributed by atoms with van der Waals surface area (Å²) in [6.07, 6.45) is 0. The van der Waals surface area contributed by atoms with Crippen molar-refractivity contribution >= 4 is 22.5 Å². The maximum Gasteiger partial charge on any atom is 0.0761 e. The van der Waals surface area contributed by atoms with Crippen molar-refractivity contribution in [2.45, 2.75) is 26.2 Å². The van der Waals surface area contributed by atoms with Crippen LogP contribution in [0.2, 0.25) is 5.02 Å². The van der Waals surface area contributed by atoms with E-state index in [1.54, 1.807) is 0 Å². The third kappa shape index (κ3) is 2.66. The lowest BCUT2D eigenvalue weighted by atomic mass is 9.85. The van der Waals surface area contributed by atoms with Crippen LogP contribution in [-0.4, -0.2) is 4.98 Å². The molecule has 0 spiro atoms. The lowest BCUT2D eigenvalue weighted by molar-refractivity contribution is 0.594. The smallest absolute Gasteiger partial charge is 0.0761 e. The molecule has 0 aliphatic heterocycles. The van der Waals surface area contributed by atoms with E-state index in [-0.39, 0.29) is 5.41 Å². The number of fused-ring (bicyclic) bond motifs is 1. The molecule has 106 valence electrons. The van der Waals surface area contributed by atoms with Gasteiger partial charge in [0.25, 0.3) is 0 Å². The summed E-state index contributed by atoms with van der Waals surface area (Å²) < 4.78 is 0. The van der Waals surface area contributed by atoms with Crippen molar-refractivity contribution in [3.05, 3.63) is 65.2 Å². The van der Waals surface area contributed by atoms with Gasteiger partial charge in [0.15, 0.2) is 0 Å². The SMILES string of the molecule is CC(C)(C)c1cccc2c(Cl)cc(-c3ccccc3)nc12. The average molecular weight is 296 g/mol. The second-order valence-corrected chi connectivity index (χ2v) is 6.71. The van der Waals surface area contributed by atoms with Crippen LogP contribution < -0.4 is 0 Å². The van der Waals surface area contributed by atoms with E-state index >= 15 is 0 Å². The van der Waals surface area contributed by atoms with Crippen LogP contribution in [0.5, 0.6) is 0 Å². The van der Waals surface area contributed by atoms with Crippen LogP contribution in [-0.2, 0) is 5.41 Å². The third-order valence-corrected chi connectivity index (χ3v) is 3.98. The Kier molecular flexibility index (Phi) is 3.46. The average Bonchev–Trinajstić information content (AvgIpc) is 2.46. The fraction of sp³-hybridized carbons (Fsp3) is 0.211. The molecular formula is C19H18ClN. The van der Waals surface area contributed by atoms with Crippen LogP contribution in [0.25, 0.3) is 22.2 Å². The molecule has 0 saturated heterocycles. The Morgan fingerprint density at radius 3 is 2.29 bits per heavy atom. The predicted octanol–water partition coefficient (Wildman–Crippen LogP) is 5.85. The highest BCUT2D eigenvalue weighted by atomic mass is 35.5. The summed E-state index contributed by atoms with van der Waals surface area (Å²) >= 11 is 6.49. The van der Waals surface area contributed by atoms with Gasteiger partial charge in [0.2, 0.25) is 0 Å². The minimum atomic E-state index is 0.0329. The Labute approximate surface area is 130 Å².